The Morgan fingerprint density at radius 2 is 2.07 bits per heavy atom. The third kappa shape index (κ3) is 3.93. The van der Waals surface area contributed by atoms with Crippen LogP contribution in [0.15, 0.2) is 52.4 Å². The number of nitrogens with zero attached hydrogens (tertiary/aromatic N) is 3. The number of fused-ring (bicyclic) bond motifs is 1. The number of aryl methyl sites for hydroxylation is 1. The first-order chi connectivity index (χ1) is 14.4. The van der Waals surface area contributed by atoms with Gasteiger partial charge in [0.1, 0.15) is 34.4 Å². The SMILES string of the molecule is Cc1c(C)n(Cc2ccco2)c2ncnc(SCC(=O)Nc3ccc(F)cc3F)c12. The van der Waals surface area contributed by atoms with Crippen molar-refractivity contribution in [3.8, 4) is 0 Å². The third-order valence-corrected chi connectivity index (χ3v) is 5.80. The number of hydrogen-bond donors (Lipinski definition) is 1. The lowest BCUT2D eigenvalue weighted by molar-refractivity contribution is -0.113. The van der Waals surface area contributed by atoms with Crippen molar-refractivity contribution < 1.29 is 18.0 Å². The van der Waals surface area contributed by atoms with E-state index in [1.807, 2.05) is 30.5 Å². The number of aromatic nitrogens is 3. The zero-order chi connectivity index (χ0) is 21.3. The molecule has 3 aromatic heterocycles. The summed E-state index contributed by atoms with van der Waals surface area (Å²) < 4.78 is 34.3. The Kier molecular flexibility index (Phi) is 5.54. The van der Waals surface area contributed by atoms with Gasteiger partial charge in [0, 0.05) is 11.8 Å². The molecule has 0 aliphatic heterocycles. The summed E-state index contributed by atoms with van der Waals surface area (Å²) in [5, 5.41) is 3.98. The van der Waals surface area contributed by atoms with E-state index in [2.05, 4.69) is 15.3 Å². The summed E-state index contributed by atoms with van der Waals surface area (Å²) in [4.78, 5) is 21.0. The van der Waals surface area contributed by atoms with Crippen LogP contribution in [-0.2, 0) is 11.3 Å². The molecule has 0 unspecified atom stereocenters. The number of nitrogens with one attached hydrogen (secondary N) is 1. The van der Waals surface area contributed by atoms with Crippen LogP contribution < -0.4 is 5.32 Å². The number of halogens is 2. The number of rotatable bonds is 6. The minimum Gasteiger partial charge on any atom is -0.467 e. The highest BCUT2D eigenvalue weighted by molar-refractivity contribution is 8.00. The number of anilines is 1. The van der Waals surface area contributed by atoms with Crippen LogP contribution in [0.1, 0.15) is 17.0 Å². The van der Waals surface area contributed by atoms with Crippen molar-refractivity contribution in [2.75, 3.05) is 11.1 Å². The van der Waals surface area contributed by atoms with Crippen LogP contribution in [0.4, 0.5) is 14.5 Å². The molecule has 6 nitrogen and oxygen atoms in total. The minimum absolute atomic E-state index is 0.0186. The monoisotopic (exact) mass is 428 g/mol. The van der Waals surface area contributed by atoms with Crippen molar-refractivity contribution in [3.05, 3.63) is 71.6 Å². The fourth-order valence-corrected chi connectivity index (χ4v) is 4.06. The van der Waals surface area contributed by atoms with E-state index in [1.165, 1.54) is 24.2 Å². The first kappa shape index (κ1) is 20.1. The predicted molar refractivity (Wildman–Crippen MR) is 111 cm³/mol. The molecule has 154 valence electrons. The molecule has 4 rings (SSSR count). The summed E-state index contributed by atoms with van der Waals surface area (Å²) in [6, 6.07) is 6.75. The molecule has 9 heteroatoms. The van der Waals surface area contributed by atoms with E-state index in [1.54, 1.807) is 6.26 Å². The fraction of sp³-hybridized carbons (Fsp3) is 0.190. The molecule has 0 aliphatic carbocycles. The topological polar surface area (TPSA) is 73.0 Å². The van der Waals surface area contributed by atoms with E-state index in [-0.39, 0.29) is 11.4 Å². The fourth-order valence-electron chi connectivity index (χ4n) is 3.21. The van der Waals surface area contributed by atoms with E-state index in [0.29, 0.717) is 11.6 Å². The van der Waals surface area contributed by atoms with Crippen molar-refractivity contribution in [2.45, 2.75) is 25.4 Å². The van der Waals surface area contributed by atoms with E-state index in [4.69, 9.17) is 4.42 Å². The van der Waals surface area contributed by atoms with Gasteiger partial charge < -0.3 is 14.3 Å². The quantitative estimate of drug-likeness (QED) is 0.356. The third-order valence-electron chi connectivity index (χ3n) is 4.81. The number of thioether (sulfide) groups is 1. The largest absolute Gasteiger partial charge is 0.467 e. The van der Waals surface area contributed by atoms with Gasteiger partial charge in [-0.2, -0.15) is 0 Å². The second-order valence-electron chi connectivity index (χ2n) is 6.71. The van der Waals surface area contributed by atoms with Crippen LogP contribution in [0, 0.1) is 25.5 Å². The van der Waals surface area contributed by atoms with Gasteiger partial charge in [0.15, 0.2) is 0 Å². The zero-order valence-corrected chi connectivity index (χ0v) is 17.1. The Balaban J connectivity index is 1.55. The Morgan fingerprint density at radius 1 is 1.23 bits per heavy atom. The van der Waals surface area contributed by atoms with Crippen LogP contribution in [0.3, 0.4) is 0 Å². The van der Waals surface area contributed by atoms with E-state index in [9.17, 15) is 13.6 Å². The molecular weight excluding hydrogens is 410 g/mol. The molecule has 0 saturated heterocycles. The molecule has 0 bridgehead atoms. The highest BCUT2D eigenvalue weighted by Crippen LogP contribution is 2.32. The first-order valence-electron chi connectivity index (χ1n) is 9.14. The Bertz CT molecular complexity index is 1220. The van der Waals surface area contributed by atoms with Gasteiger partial charge in [-0.3, -0.25) is 4.79 Å². The molecule has 1 amide bonds. The number of amides is 1. The van der Waals surface area contributed by atoms with Crippen molar-refractivity contribution >= 4 is 34.4 Å². The van der Waals surface area contributed by atoms with Crippen molar-refractivity contribution in [3.63, 3.8) is 0 Å². The maximum Gasteiger partial charge on any atom is 0.234 e. The van der Waals surface area contributed by atoms with Gasteiger partial charge >= 0.3 is 0 Å². The maximum atomic E-state index is 13.7. The highest BCUT2D eigenvalue weighted by atomic mass is 32.2. The molecule has 0 fully saturated rings. The van der Waals surface area contributed by atoms with Crippen molar-refractivity contribution in [1.29, 1.82) is 0 Å². The highest BCUT2D eigenvalue weighted by Gasteiger charge is 2.18. The minimum atomic E-state index is -0.820. The zero-order valence-electron chi connectivity index (χ0n) is 16.3. The lowest BCUT2D eigenvalue weighted by atomic mass is 10.2. The molecule has 1 aromatic carbocycles. The van der Waals surface area contributed by atoms with Gasteiger partial charge in [-0.1, -0.05) is 11.8 Å². The Morgan fingerprint density at radius 3 is 2.80 bits per heavy atom. The predicted octanol–water partition coefficient (Wildman–Crippen LogP) is 4.70. The lowest BCUT2D eigenvalue weighted by Gasteiger charge is -2.07. The molecule has 0 aliphatic rings. The molecular formula is C21H18F2N4O2S. The summed E-state index contributed by atoms with van der Waals surface area (Å²) in [6.07, 6.45) is 3.09. The second kappa shape index (κ2) is 8.27. The van der Waals surface area contributed by atoms with Crippen LogP contribution in [0.25, 0.3) is 11.0 Å². The number of carbonyl (C=O) groups excluding carboxylic acids is 1. The Hall–Kier alpha value is -3.20. The van der Waals surface area contributed by atoms with Gasteiger partial charge in [-0.25, -0.2) is 18.7 Å². The van der Waals surface area contributed by atoms with Gasteiger partial charge in [0.2, 0.25) is 5.91 Å². The van der Waals surface area contributed by atoms with Gasteiger partial charge in [-0.05, 0) is 43.7 Å². The molecule has 0 spiro atoms. The summed E-state index contributed by atoms with van der Waals surface area (Å²) in [6.45, 7) is 4.52. The van der Waals surface area contributed by atoms with Crippen molar-refractivity contribution in [1.82, 2.24) is 14.5 Å². The molecule has 30 heavy (non-hydrogen) atoms. The van der Waals surface area contributed by atoms with Crippen LogP contribution in [0.5, 0.6) is 0 Å². The summed E-state index contributed by atoms with van der Waals surface area (Å²) in [5.74, 6) is -1.11. The summed E-state index contributed by atoms with van der Waals surface area (Å²) in [7, 11) is 0. The van der Waals surface area contributed by atoms with Crippen LogP contribution >= 0.6 is 11.8 Å². The Labute approximate surface area is 175 Å². The molecule has 0 radical (unpaired) electrons. The molecule has 0 saturated carbocycles. The van der Waals surface area contributed by atoms with Crippen LogP contribution in [0.2, 0.25) is 0 Å². The first-order valence-corrected chi connectivity index (χ1v) is 10.1. The van der Waals surface area contributed by atoms with E-state index < -0.39 is 17.5 Å². The second-order valence-corrected chi connectivity index (χ2v) is 7.68. The molecule has 3 heterocycles. The number of furan rings is 1. The number of hydrogen-bond acceptors (Lipinski definition) is 5. The lowest BCUT2D eigenvalue weighted by Crippen LogP contribution is -2.15. The molecule has 1 N–H and O–H groups in total. The standard InChI is InChI=1S/C21H18F2N4O2S/c1-12-13(2)27(9-15-4-3-7-29-15)20-19(12)21(25-11-24-20)30-10-18(28)26-17-6-5-14(22)8-16(17)23/h3-8,11H,9-10H2,1-2H3,(H,26,28). The van der Waals surface area contributed by atoms with Crippen LogP contribution in [-0.4, -0.2) is 26.2 Å². The summed E-state index contributed by atoms with van der Waals surface area (Å²) >= 11 is 1.23. The van der Waals surface area contributed by atoms with Gasteiger partial charge in [-0.15, -0.1) is 0 Å². The van der Waals surface area contributed by atoms with E-state index in [0.717, 1.165) is 40.2 Å². The average Bonchev–Trinajstić information content (AvgIpc) is 3.32. The van der Waals surface area contributed by atoms with Gasteiger partial charge in [0.25, 0.3) is 0 Å². The smallest absolute Gasteiger partial charge is 0.234 e. The number of benzene rings is 1. The van der Waals surface area contributed by atoms with Crippen molar-refractivity contribution in [2.24, 2.45) is 0 Å². The summed E-state index contributed by atoms with van der Waals surface area (Å²) in [5.41, 5.74) is 2.74. The van der Waals surface area contributed by atoms with Gasteiger partial charge in [0.05, 0.1) is 29.6 Å². The number of carbonyl (C=O) groups is 1. The molecule has 0 atom stereocenters. The average molecular weight is 428 g/mol. The maximum absolute atomic E-state index is 13.7. The normalized spacial score (nSPS) is 11.2. The molecule has 4 aromatic rings. The van der Waals surface area contributed by atoms with E-state index >= 15 is 0 Å².